The Kier molecular flexibility index (Phi) is 5.08. The lowest BCUT2D eigenvalue weighted by Crippen LogP contribution is -2.50. The summed E-state index contributed by atoms with van der Waals surface area (Å²) in [7, 11) is 2.21. The minimum atomic E-state index is 0.211. The molecule has 2 fully saturated rings. The quantitative estimate of drug-likeness (QED) is 0.913. The second kappa shape index (κ2) is 7.46. The Hall–Kier alpha value is -1.40. The predicted octanol–water partition coefficient (Wildman–Crippen LogP) is 3.20. The monoisotopic (exact) mass is 360 g/mol. The lowest BCUT2D eigenvalue weighted by Gasteiger charge is -2.43. The number of piperidine rings is 1. The standard InChI is InChI=1S/C19H25ClN4O/c1-23-8-6-16(7-9-23)24-10-11-25-13-18(24)19-21-12-17(22-19)14-2-4-15(20)5-3-14/h2-5,12,16,18H,6-11,13H2,1H3,(H,21,22)/t18-/m0/s1. The summed E-state index contributed by atoms with van der Waals surface area (Å²) in [6.45, 7) is 4.84. The van der Waals surface area contributed by atoms with Gasteiger partial charge in [-0.25, -0.2) is 4.98 Å². The topological polar surface area (TPSA) is 44.4 Å². The van der Waals surface area contributed by atoms with Crippen molar-refractivity contribution in [2.24, 2.45) is 0 Å². The lowest BCUT2D eigenvalue weighted by molar-refractivity contribution is -0.0441. The van der Waals surface area contributed by atoms with Crippen molar-refractivity contribution in [2.45, 2.75) is 24.9 Å². The molecule has 1 N–H and O–H groups in total. The van der Waals surface area contributed by atoms with E-state index in [1.807, 2.05) is 30.5 Å². The number of ether oxygens (including phenoxy) is 1. The maximum Gasteiger partial charge on any atom is 0.126 e. The van der Waals surface area contributed by atoms with Crippen molar-refractivity contribution in [3.8, 4) is 11.3 Å². The van der Waals surface area contributed by atoms with Crippen LogP contribution < -0.4 is 0 Å². The van der Waals surface area contributed by atoms with Crippen LogP contribution in [0.15, 0.2) is 30.5 Å². The highest BCUT2D eigenvalue weighted by Crippen LogP contribution is 2.30. The fourth-order valence-corrected chi connectivity index (χ4v) is 4.02. The first-order valence-electron chi connectivity index (χ1n) is 9.03. The van der Waals surface area contributed by atoms with E-state index < -0.39 is 0 Å². The van der Waals surface area contributed by atoms with Crippen LogP contribution in [-0.4, -0.2) is 65.7 Å². The third kappa shape index (κ3) is 3.75. The number of hydrogen-bond donors (Lipinski definition) is 1. The SMILES string of the molecule is CN1CCC(N2CCOC[C@H]2c2ncc(-c3ccc(Cl)cc3)[nH]2)CC1. The number of benzene rings is 1. The molecule has 0 bridgehead atoms. The van der Waals surface area contributed by atoms with Crippen molar-refractivity contribution in [2.75, 3.05) is 39.9 Å². The van der Waals surface area contributed by atoms with Crippen LogP contribution in [0.4, 0.5) is 0 Å². The average molecular weight is 361 g/mol. The first-order chi connectivity index (χ1) is 12.2. The van der Waals surface area contributed by atoms with Crippen LogP contribution in [0.25, 0.3) is 11.3 Å². The van der Waals surface area contributed by atoms with E-state index in [2.05, 4.69) is 26.8 Å². The molecule has 0 amide bonds. The Morgan fingerprint density at radius 1 is 1.16 bits per heavy atom. The van der Waals surface area contributed by atoms with Gasteiger partial charge in [0.1, 0.15) is 5.82 Å². The van der Waals surface area contributed by atoms with Gasteiger partial charge < -0.3 is 14.6 Å². The van der Waals surface area contributed by atoms with Gasteiger partial charge >= 0.3 is 0 Å². The number of aromatic nitrogens is 2. The summed E-state index contributed by atoms with van der Waals surface area (Å²) < 4.78 is 5.78. The number of halogens is 1. The molecule has 0 aliphatic carbocycles. The molecule has 0 unspecified atom stereocenters. The molecule has 2 aliphatic heterocycles. The Morgan fingerprint density at radius 3 is 2.68 bits per heavy atom. The number of aromatic amines is 1. The van der Waals surface area contributed by atoms with E-state index in [9.17, 15) is 0 Å². The van der Waals surface area contributed by atoms with Crippen LogP contribution in [0.5, 0.6) is 0 Å². The molecule has 25 heavy (non-hydrogen) atoms. The van der Waals surface area contributed by atoms with Crippen molar-refractivity contribution in [3.05, 3.63) is 41.3 Å². The third-order valence-electron chi connectivity index (χ3n) is 5.39. The largest absolute Gasteiger partial charge is 0.378 e. The van der Waals surface area contributed by atoms with E-state index in [0.717, 1.165) is 35.3 Å². The van der Waals surface area contributed by atoms with Crippen molar-refractivity contribution in [1.29, 1.82) is 0 Å². The van der Waals surface area contributed by atoms with Crippen LogP contribution in [-0.2, 0) is 4.74 Å². The molecule has 3 heterocycles. The summed E-state index contributed by atoms with van der Waals surface area (Å²) in [5.41, 5.74) is 2.13. The minimum Gasteiger partial charge on any atom is -0.378 e. The predicted molar refractivity (Wildman–Crippen MR) is 99.8 cm³/mol. The lowest BCUT2D eigenvalue weighted by atomic mass is 10.0. The molecule has 134 valence electrons. The highest BCUT2D eigenvalue weighted by Gasteiger charge is 2.33. The summed E-state index contributed by atoms with van der Waals surface area (Å²) in [4.78, 5) is 13.2. The maximum absolute atomic E-state index is 5.99. The molecule has 0 radical (unpaired) electrons. The van der Waals surface area contributed by atoms with Gasteiger partial charge in [0.2, 0.25) is 0 Å². The van der Waals surface area contributed by atoms with Crippen molar-refractivity contribution in [3.63, 3.8) is 0 Å². The molecule has 2 aliphatic rings. The van der Waals surface area contributed by atoms with Gasteiger partial charge in [0.05, 0.1) is 31.1 Å². The molecule has 1 aromatic carbocycles. The Balaban J connectivity index is 1.53. The number of nitrogens with zero attached hydrogens (tertiary/aromatic N) is 3. The average Bonchev–Trinajstić information content (AvgIpc) is 3.13. The van der Waals surface area contributed by atoms with Crippen LogP contribution in [0.2, 0.25) is 5.02 Å². The molecule has 2 saturated heterocycles. The van der Waals surface area contributed by atoms with Crippen LogP contribution in [0.1, 0.15) is 24.7 Å². The Morgan fingerprint density at radius 2 is 1.92 bits per heavy atom. The summed E-state index contributed by atoms with van der Waals surface area (Å²) in [5.74, 6) is 1.00. The molecule has 0 spiro atoms. The normalized spacial score (nSPS) is 23.8. The maximum atomic E-state index is 5.99. The molecule has 4 rings (SSSR count). The fraction of sp³-hybridized carbons (Fsp3) is 0.526. The number of nitrogens with one attached hydrogen (secondary N) is 1. The first-order valence-corrected chi connectivity index (χ1v) is 9.41. The van der Waals surface area contributed by atoms with E-state index in [4.69, 9.17) is 16.3 Å². The van der Waals surface area contributed by atoms with Gasteiger partial charge in [-0.05, 0) is 50.7 Å². The number of H-pyrrole nitrogens is 1. The fourth-order valence-electron chi connectivity index (χ4n) is 3.90. The molecule has 6 heteroatoms. The summed E-state index contributed by atoms with van der Waals surface area (Å²) in [6.07, 6.45) is 4.36. The number of morpholine rings is 1. The summed E-state index contributed by atoms with van der Waals surface area (Å²) in [5, 5.41) is 0.748. The molecular formula is C19H25ClN4O. The number of rotatable bonds is 3. The van der Waals surface area contributed by atoms with Gasteiger partial charge in [-0.15, -0.1) is 0 Å². The molecule has 0 saturated carbocycles. The number of imidazole rings is 1. The van der Waals surface area contributed by atoms with Gasteiger partial charge in [-0.1, -0.05) is 23.7 Å². The van der Waals surface area contributed by atoms with Crippen LogP contribution in [0.3, 0.4) is 0 Å². The molecule has 1 aromatic heterocycles. The van der Waals surface area contributed by atoms with Gasteiger partial charge in [-0.2, -0.15) is 0 Å². The summed E-state index contributed by atoms with van der Waals surface area (Å²) in [6, 6.07) is 8.69. The smallest absolute Gasteiger partial charge is 0.126 e. The number of likely N-dealkylation sites (tertiary alicyclic amines) is 1. The zero-order valence-corrected chi connectivity index (χ0v) is 15.4. The highest BCUT2D eigenvalue weighted by atomic mass is 35.5. The van der Waals surface area contributed by atoms with Gasteiger partial charge in [0.15, 0.2) is 0 Å². The van der Waals surface area contributed by atoms with Gasteiger partial charge in [0.25, 0.3) is 0 Å². The molecule has 1 atom stereocenters. The van der Waals surface area contributed by atoms with Crippen molar-refractivity contribution in [1.82, 2.24) is 19.8 Å². The van der Waals surface area contributed by atoms with Crippen molar-refractivity contribution < 1.29 is 4.74 Å². The van der Waals surface area contributed by atoms with Crippen molar-refractivity contribution >= 4 is 11.6 Å². The van der Waals surface area contributed by atoms with Crippen LogP contribution >= 0.6 is 11.6 Å². The molecule has 2 aromatic rings. The Labute approximate surface area is 153 Å². The van der Waals surface area contributed by atoms with Gasteiger partial charge in [-0.3, -0.25) is 4.90 Å². The first kappa shape index (κ1) is 17.0. The highest BCUT2D eigenvalue weighted by molar-refractivity contribution is 6.30. The van der Waals surface area contributed by atoms with E-state index in [-0.39, 0.29) is 6.04 Å². The zero-order valence-electron chi connectivity index (χ0n) is 14.6. The Bertz CT molecular complexity index is 694. The van der Waals surface area contributed by atoms with Gasteiger partial charge in [0, 0.05) is 17.6 Å². The third-order valence-corrected chi connectivity index (χ3v) is 5.65. The minimum absolute atomic E-state index is 0.211. The van der Waals surface area contributed by atoms with E-state index >= 15 is 0 Å². The van der Waals surface area contributed by atoms with E-state index in [1.54, 1.807) is 0 Å². The molecule has 5 nitrogen and oxygen atoms in total. The van der Waals surface area contributed by atoms with E-state index in [1.165, 1.54) is 25.9 Å². The number of hydrogen-bond acceptors (Lipinski definition) is 4. The second-order valence-corrected chi connectivity index (χ2v) is 7.49. The zero-order chi connectivity index (χ0) is 17.2. The summed E-state index contributed by atoms with van der Waals surface area (Å²) >= 11 is 5.99. The van der Waals surface area contributed by atoms with Crippen LogP contribution in [0, 0.1) is 0 Å². The van der Waals surface area contributed by atoms with E-state index in [0.29, 0.717) is 12.6 Å². The molecular weight excluding hydrogens is 336 g/mol. The second-order valence-electron chi connectivity index (χ2n) is 7.05.